The van der Waals surface area contributed by atoms with E-state index in [-0.39, 0.29) is 0 Å². The van der Waals surface area contributed by atoms with Gasteiger partial charge in [-0.2, -0.15) is 0 Å². The minimum atomic E-state index is 1.09. The normalized spacial score (nSPS) is 11.0. The molecule has 0 aliphatic heterocycles. The third kappa shape index (κ3) is 5.72. The Kier molecular flexibility index (Phi) is 8.12. The van der Waals surface area contributed by atoms with E-state index >= 15 is 0 Å². The average Bonchev–Trinajstić information content (AvgIpc) is 2.75. The van der Waals surface area contributed by atoms with E-state index in [0.717, 1.165) is 11.4 Å². The molecule has 0 spiro atoms. The summed E-state index contributed by atoms with van der Waals surface area (Å²) >= 11 is 0. The minimum absolute atomic E-state index is 1.09. The minimum Gasteiger partial charge on any atom is -0.356 e. The molecule has 0 aromatic heterocycles. The standard InChI is InChI=1S/C24H23N.C2H6/c1-3-8-19(4-2)21-11-15-23(16-12-21)25-24-17-13-22(14-18-24)20-9-6-5-7-10-20;1-2/h3-18,25H,1-2H3;1-2H3/b8-3-,19-4+;. The zero-order valence-electron chi connectivity index (χ0n) is 16.7. The van der Waals surface area contributed by atoms with Gasteiger partial charge in [0.15, 0.2) is 0 Å². The number of hydrogen-bond donors (Lipinski definition) is 1. The first-order chi connectivity index (χ1) is 13.3. The molecule has 0 bridgehead atoms. The molecule has 138 valence electrons. The van der Waals surface area contributed by atoms with E-state index in [0.29, 0.717) is 0 Å². The van der Waals surface area contributed by atoms with Crippen molar-refractivity contribution in [3.8, 4) is 11.1 Å². The van der Waals surface area contributed by atoms with Crippen molar-refractivity contribution in [3.05, 3.63) is 103 Å². The van der Waals surface area contributed by atoms with Gasteiger partial charge in [0.1, 0.15) is 0 Å². The van der Waals surface area contributed by atoms with Crippen molar-refractivity contribution >= 4 is 16.9 Å². The first-order valence-electron chi connectivity index (χ1n) is 9.62. The number of benzene rings is 3. The average molecular weight is 356 g/mol. The van der Waals surface area contributed by atoms with Crippen LogP contribution in [0.15, 0.2) is 97.1 Å². The van der Waals surface area contributed by atoms with E-state index < -0.39 is 0 Å². The first-order valence-corrected chi connectivity index (χ1v) is 9.62. The molecule has 0 amide bonds. The summed E-state index contributed by atoms with van der Waals surface area (Å²) in [6, 6.07) is 27.5. The maximum Gasteiger partial charge on any atom is 0.0384 e. The molecule has 1 nitrogen and oxygen atoms in total. The summed E-state index contributed by atoms with van der Waals surface area (Å²) in [6.07, 6.45) is 6.32. The summed E-state index contributed by atoms with van der Waals surface area (Å²) in [5.41, 5.74) is 7.11. The highest BCUT2D eigenvalue weighted by Gasteiger charge is 2.00. The van der Waals surface area contributed by atoms with Crippen molar-refractivity contribution in [1.29, 1.82) is 0 Å². The smallest absolute Gasteiger partial charge is 0.0384 e. The molecular formula is C26H29N. The van der Waals surface area contributed by atoms with Gasteiger partial charge in [-0.3, -0.25) is 0 Å². The van der Waals surface area contributed by atoms with Crippen LogP contribution in [-0.2, 0) is 0 Å². The molecule has 3 rings (SSSR count). The van der Waals surface area contributed by atoms with Crippen LogP contribution in [0.25, 0.3) is 16.7 Å². The Morgan fingerprint density at radius 3 is 1.70 bits per heavy atom. The molecule has 0 unspecified atom stereocenters. The lowest BCUT2D eigenvalue weighted by molar-refractivity contribution is 1.50. The highest BCUT2D eigenvalue weighted by Crippen LogP contribution is 2.24. The summed E-state index contributed by atoms with van der Waals surface area (Å²) < 4.78 is 0. The molecule has 0 saturated carbocycles. The molecule has 3 aromatic carbocycles. The summed E-state index contributed by atoms with van der Waals surface area (Å²) in [4.78, 5) is 0. The quantitative estimate of drug-likeness (QED) is 0.456. The van der Waals surface area contributed by atoms with Crippen LogP contribution in [0.3, 0.4) is 0 Å². The summed E-state index contributed by atoms with van der Waals surface area (Å²) in [7, 11) is 0. The molecule has 0 aliphatic carbocycles. The summed E-state index contributed by atoms with van der Waals surface area (Å²) in [6.45, 7) is 8.11. The zero-order chi connectivity index (χ0) is 19.5. The molecule has 27 heavy (non-hydrogen) atoms. The summed E-state index contributed by atoms with van der Waals surface area (Å²) in [5, 5.41) is 3.46. The second-order valence-corrected chi connectivity index (χ2v) is 5.89. The van der Waals surface area contributed by atoms with Gasteiger partial charge < -0.3 is 5.32 Å². The van der Waals surface area contributed by atoms with Crippen molar-refractivity contribution in [2.75, 3.05) is 5.32 Å². The van der Waals surface area contributed by atoms with Crippen molar-refractivity contribution in [1.82, 2.24) is 0 Å². The lowest BCUT2D eigenvalue weighted by atomic mass is 10.0. The topological polar surface area (TPSA) is 12.0 Å². The number of allylic oxidation sites excluding steroid dienone is 4. The Labute approximate surface area is 164 Å². The number of rotatable bonds is 5. The Balaban J connectivity index is 0.00000126. The summed E-state index contributed by atoms with van der Waals surface area (Å²) in [5.74, 6) is 0. The lowest BCUT2D eigenvalue weighted by Gasteiger charge is -2.09. The van der Waals surface area contributed by atoms with Crippen molar-refractivity contribution < 1.29 is 0 Å². The molecule has 1 heteroatoms. The third-order valence-electron chi connectivity index (χ3n) is 4.16. The number of nitrogens with one attached hydrogen (secondary N) is 1. The maximum absolute atomic E-state index is 3.46. The number of anilines is 2. The molecule has 0 radical (unpaired) electrons. The van der Waals surface area contributed by atoms with Crippen LogP contribution in [0.5, 0.6) is 0 Å². The van der Waals surface area contributed by atoms with Gasteiger partial charge in [-0.05, 0) is 60.4 Å². The number of hydrogen-bond acceptors (Lipinski definition) is 1. The van der Waals surface area contributed by atoms with Gasteiger partial charge in [-0.25, -0.2) is 0 Å². The monoisotopic (exact) mass is 355 g/mol. The molecule has 0 heterocycles. The van der Waals surface area contributed by atoms with Crippen molar-refractivity contribution in [3.63, 3.8) is 0 Å². The highest BCUT2D eigenvalue weighted by molar-refractivity contribution is 5.75. The Hall–Kier alpha value is -3.06. The molecule has 3 aromatic rings. The van der Waals surface area contributed by atoms with Crippen LogP contribution in [0.1, 0.15) is 33.3 Å². The van der Waals surface area contributed by atoms with E-state index in [1.54, 1.807) is 0 Å². The lowest BCUT2D eigenvalue weighted by Crippen LogP contribution is -1.91. The fraction of sp³-hybridized carbons (Fsp3) is 0.154. The maximum atomic E-state index is 3.46. The molecule has 0 aliphatic rings. The van der Waals surface area contributed by atoms with Crippen molar-refractivity contribution in [2.45, 2.75) is 27.7 Å². The van der Waals surface area contributed by atoms with Gasteiger partial charge in [0.05, 0.1) is 0 Å². The fourth-order valence-electron chi connectivity index (χ4n) is 2.83. The van der Waals surface area contributed by atoms with Crippen molar-refractivity contribution in [2.24, 2.45) is 0 Å². The molecule has 0 atom stereocenters. The zero-order valence-corrected chi connectivity index (χ0v) is 16.7. The van der Waals surface area contributed by atoms with Gasteiger partial charge in [-0.1, -0.05) is 86.7 Å². The van der Waals surface area contributed by atoms with E-state index in [4.69, 9.17) is 0 Å². The molecule has 0 saturated heterocycles. The Morgan fingerprint density at radius 1 is 0.667 bits per heavy atom. The Morgan fingerprint density at radius 2 is 1.19 bits per heavy atom. The molecular weight excluding hydrogens is 326 g/mol. The van der Waals surface area contributed by atoms with Crippen LogP contribution in [0.2, 0.25) is 0 Å². The van der Waals surface area contributed by atoms with Crippen LogP contribution < -0.4 is 5.32 Å². The van der Waals surface area contributed by atoms with Crippen LogP contribution >= 0.6 is 0 Å². The predicted molar refractivity (Wildman–Crippen MR) is 121 cm³/mol. The largest absolute Gasteiger partial charge is 0.356 e. The van der Waals surface area contributed by atoms with Crippen LogP contribution in [0.4, 0.5) is 11.4 Å². The van der Waals surface area contributed by atoms with Gasteiger partial charge in [-0.15, -0.1) is 0 Å². The second-order valence-electron chi connectivity index (χ2n) is 5.89. The highest BCUT2D eigenvalue weighted by atomic mass is 14.9. The van der Waals surface area contributed by atoms with E-state index in [2.05, 4.69) is 103 Å². The van der Waals surface area contributed by atoms with E-state index in [1.165, 1.54) is 22.3 Å². The van der Waals surface area contributed by atoms with Crippen LogP contribution in [-0.4, -0.2) is 0 Å². The van der Waals surface area contributed by atoms with Crippen LogP contribution in [0, 0.1) is 0 Å². The Bertz CT molecular complexity index is 854. The molecule has 0 fully saturated rings. The fourth-order valence-corrected chi connectivity index (χ4v) is 2.83. The van der Waals surface area contributed by atoms with E-state index in [9.17, 15) is 0 Å². The van der Waals surface area contributed by atoms with Gasteiger partial charge >= 0.3 is 0 Å². The first kappa shape index (κ1) is 20.3. The third-order valence-corrected chi connectivity index (χ3v) is 4.16. The SMILES string of the molecule is C/C=C\C(=C/C)c1ccc(Nc2ccc(-c3ccccc3)cc2)cc1.CC. The van der Waals surface area contributed by atoms with Gasteiger partial charge in [0, 0.05) is 11.4 Å². The molecule has 1 N–H and O–H groups in total. The van der Waals surface area contributed by atoms with Gasteiger partial charge in [0.25, 0.3) is 0 Å². The predicted octanol–water partition coefficient (Wildman–Crippen LogP) is 8.10. The van der Waals surface area contributed by atoms with Gasteiger partial charge in [0.2, 0.25) is 0 Å². The van der Waals surface area contributed by atoms with E-state index in [1.807, 2.05) is 26.8 Å². The second kappa shape index (κ2) is 10.8.